The molecule has 0 heterocycles. The summed E-state index contributed by atoms with van der Waals surface area (Å²) >= 11 is 0. The van der Waals surface area contributed by atoms with Gasteiger partial charge in [0.1, 0.15) is 6.10 Å². The predicted octanol–water partition coefficient (Wildman–Crippen LogP) is 8.21. The minimum Gasteiger partial charge on any atom is -0.481 e. The third kappa shape index (κ3) is 21.6. The van der Waals surface area contributed by atoms with Crippen LogP contribution >= 0.6 is 0 Å². The van der Waals surface area contributed by atoms with Gasteiger partial charge in [0, 0.05) is 6.42 Å². The SMILES string of the molecule is CCCCCCCCCCCCCCCCCC(=O)OC(CCCCC)CC(=O)O. The Morgan fingerprint density at radius 2 is 1.03 bits per heavy atom. The van der Waals surface area contributed by atoms with E-state index in [9.17, 15) is 9.59 Å². The fraction of sp³-hybridized carbons (Fsp3) is 0.923. The van der Waals surface area contributed by atoms with Crippen LogP contribution in [0.5, 0.6) is 0 Å². The molecule has 0 aromatic heterocycles. The maximum Gasteiger partial charge on any atom is 0.307 e. The quantitative estimate of drug-likeness (QED) is 0.132. The normalized spacial score (nSPS) is 12.1. The van der Waals surface area contributed by atoms with Crippen LogP contribution in [-0.4, -0.2) is 23.1 Å². The van der Waals surface area contributed by atoms with Crippen molar-refractivity contribution < 1.29 is 19.4 Å². The highest BCUT2D eigenvalue weighted by molar-refractivity contribution is 5.71. The number of aliphatic carboxylic acids is 1. The Balaban J connectivity index is 3.49. The van der Waals surface area contributed by atoms with Crippen LogP contribution in [0, 0.1) is 0 Å². The van der Waals surface area contributed by atoms with Gasteiger partial charge < -0.3 is 9.84 Å². The van der Waals surface area contributed by atoms with Crippen molar-refractivity contribution in [2.75, 3.05) is 0 Å². The lowest BCUT2D eigenvalue weighted by atomic mass is 10.0. The molecule has 0 aromatic carbocycles. The van der Waals surface area contributed by atoms with Gasteiger partial charge in [0.2, 0.25) is 0 Å². The molecule has 0 aromatic rings. The van der Waals surface area contributed by atoms with Crippen LogP contribution in [-0.2, 0) is 14.3 Å². The Labute approximate surface area is 186 Å². The maximum atomic E-state index is 12.0. The van der Waals surface area contributed by atoms with E-state index in [0.717, 1.165) is 32.1 Å². The van der Waals surface area contributed by atoms with Crippen molar-refractivity contribution in [1.82, 2.24) is 0 Å². The van der Waals surface area contributed by atoms with Gasteiger partial charge in [-0.15, -0.1) is 0 Å². The molecule has 0 aliphatic rings. The molecular formula is C26H50O4. The molecule has 0 aliphatic heterocycles. The lowest BCUT2D eigenvalue weighted by Crippen LogP contribution is -2.21. The van der Waals surface area contributed by atoms with Gasteiger partial charge in [0.05, 0.1) is 6.42 Å². The first-order valence-electron chi connectivity index (χ1n) is 13.0. The van der Waals surface area contributed by atoms with E-state index in [4.69, 9.17) is 9.84 Å². The second-order valence-corrected chi connectivity index (χ2v) is 8.91. The Hall–Kier alpha value is -1.06. The maximum absolute atomic E-state index is 12.0. The average molecular weight is 427 g/mol. The number of unbranched alkanes of at least 4 members (excludes halogenated alkanes) is 16. The Morgan fingerprint density at radius 1 is 0.633 bits per heavy atom. The summed E-state index contributed by atoms with van der Waals surface area (Å²) in [6.07, 6.45) is 23.1. The van der Waals surface area contributed by atoms with Crippen LogP contribution in [0.2, 0.25) is 0 Å². The van der Waals surface area contributed by atoms with Crippen molar-refractivity contribution in [2.45, 2.75) is 155 Å². The van der Waals surface area contributed by atoms with Gasteiger partial charge in [0.15, 0.2) is 0 Å². The van der Waals surface area contributed by atoms with Crippen molar-refractivity contribution >= 4 is 11.9 Å². The molecule has 0 bridgehead atoms. The first-order chi connectivity index (χ1) is 14.6. The molecule has 0 saturated heterocycles. The van der Waals surface area contributed by atoms with Gasteiger partial charge in [0.25, 0.3) is 0 Å². The van der Waals surface area contributed by atoms with E-state index in [1.165, 1.54) is 83.5 Å². The molecule has 0 amide bonds. The highest BCUT2D eigenvalue weighted by Crippen LogP contribution is 2.15. The minimum absolute atomic E-state index is 0.0751. The van der Waals surface area contributed by atoms with E-state index >= 15 is 0 Å². The highest BCUT2D eigenvalue weighted by atomic mass is 16.5. The monoisotopic (exact) mass is 426 g/mol. The lowest BCUT2D eigenvalue weighted by Gasteiger charge is -2.16. The van der Waals surface area contributed by atoms with Crippen molar-refractivity contribution in [3.63, 3.8) is 0 Å². The van der Waals surface area contributed by atoms with E-state index in [1.807, 2.05) is 0 Å². The fourth-order valence-corrected chi connectivity index (χ4v) is 3.90. The van der Waals surface area contributed by atoms with Crippen LogP contribution in [0.3, 0.4) is 0 Å². The molecule has 0 spiro atoms. The number of carbonyl (C=O) groups excluding carboxylic acids is 1. The van der Waals surface area contributed by atoms with Crippen LogP contribution in [0.1, 0.15) is 149 Å². The zero-order chi connectivity index (χ0) is 22.3. The molecule has 0 saturated carbocycles. The summed E-state index contributed by atoms with van der Waals surface area (Å²) in [5.41, 5.74) is 0. The summed E-state index contributed by atoms with van der Waals surface area (Å²) in [7, 11) is 0. The number of ether oxygens (including phenoxy) is 1. The Morgan fingerprint density at radius 3 is 1.47 bits per heavy atom. The highest BCUT2D eigenvalue weighted by Gasteiger charge is 2.17. The third-order valence-corrected chi connectivity index (χ3v) is 5.81. The van der Waals surface area contributed by atoms with Crippen molar-refractivity contribution in [3.05, 3.63) is 0 Å². The number of carbonyl (C=O) groups is 2. The number of carboxylic acids is 1. The van der Waals surface area contributed by atoms with E-state index in [0.29, 0.717) is 12.8 Å². The Kier molecular flexibility index (Phi) is 21.8. The first-order valence-corrected chi connectivity index (χ1v) is 13.0. The van der Waals surface area contributed by atoms with E-state index in [2.05, 4.69) is 13.8 Å². The van der Waals surface area contributed by atoms with Gasteiger partial charge >= 0.3 is 11.9 Å². The summed E-state index contributed by atoms with van der Waals surface area (Å²) in [6, 6.07) is 0. The molecule has 1 unspecified atom stereocenters. The fourth-order valence-electron chi connectivity index (χ4n) is 3.90. The van der Waals surface area contributed by atoms with Crippen LogP contribution in [0.15, 0.2) is 0 Å². The molecule has 1 N–H and O–H groups in total. The summed E-state index contributed by atoms with van der Waals surface area (Å²) in [6.45, 7) is 4.37. The van der Waals surface area contributed by atoms with Gasteiger partial charge in [-0.3, -0.25) is 9.59 Å². The third-order valence-electron chi connectivity index (χ3n) is 5.81. The van der Waals surface area contributed by atoms with Crippen LogP contribution in [0.25, 0.3) is 0 Å². The Bertz CT molecular complexity index is 394. The molecule has 0 aliphatic carbocycles. The molecule has 0 fully saturated rings. The topological polar surface area (TPSA) is 63.6 Å². The van der Waals surface area contributed by atoms with E-state index in [-0.39, 0.29) is 12.4 Å². The van der Waals surface area contributed by atoms with Crippen LogP contribution in [0.4, 0.5) is 0 Å². The van der Waals surface area contributed by atoms with Crippen molar-refractivity contribution in [1.29, 1.82) is 0 Å². The largest absolute Gasteiger partial charge is 0.481 e. The molecule has 178 valence electrons. The molecule has 4 heteroatoms. The van der Waals surface area contributed by atoms with Gasteiger partial charge in [-0.1, -0.05) is 117 Å². The zero-order valence-corrected chi connectivity index (χ0v) is 20.1. The summed E-state index contributed by atoms with van der Waals surface area (Å²) in [5, 5.41) is 8.98. The van der Waals surface area contributed by atoms with Crippen LogP contribution < -0.4 is 0 Å². The number of rotatable bonds is 23. The smallest absolute Gasteiger partial charge is 0.307 e. The zero-order valence-electron chi connectivity index (χ0n) is 20.1. The molecule has 4 nitrogen and oxygen atoms in total. The van der Waals surface area contributed by atoms with E-state index in [1.54, 1.807) is 0 Å². The van der Waals surface area contributed by atoms with Crippen molar-refractivity contribution in [2.24, 2.45) is 0 Å². The standard InChI is InChI=1S/C26H50O4/c1-3-5-7-8-9-10-11-12-13-14-15-16-17-18-20-22-26(29)30-24(23-25(27)28)21-19-6-4-2/h24H,3-23H2,1-2H3,(H,27,28). The van der Waals surface area contributed by atoms with Gasteiger partial charge in [-0.05, 0) is 19.3 Å². The summed E-state index contributed by atoms with van der Waals surface area (Å²) < 4.78 is 5.41. The summed E-state index contributed by atoms with van der Waals surface area (Å²) in [5.74, 6) is -1.12. The average Bonchev–Trinajstić information content (AvgIpc) is 2.70. The molecule has 30 heavy (non-hydrogen) atoms. The first kappa shape index (κ1) is 28.9. The number of hydrogen-bond acceptors (Lipinski definition) is 3. The molecule has 0 radical (unpaired) electrons. The number of hydrogen-bond donors (Lipinski definition) is 1. The second-order valence-electron chi connectivity index (χ2n) is 8.91. The number of esters is 1. The number of carboxylic acid groups (broad SMARTS) is 1. The molecular weight excluding hydrogens is 376 g/mol. The van der Waals surface area contributed by atoms with Gasteiger partial charge in [-0.25, -0.2) is 0 Å². The lowest BCUT2D eigenvalue weighted by molar-refractivity contribution is -0.153. The van der Waals surface area contributed by atoms with Gasteiger partial charge in [-0.2, -0.15) is 0 Å². The van der Waals surface area contributed by atoms with E-state index < -0.39 is 12.1 Å². The van der Waals surface area contributed by atoms with Crippen molar-refractivity contribution in [3.8, 4) is 0 Å². The predicted molar refractivity (Wildman–Crippen MR) is 126 cm³/mol. The molecule has 1 atom stereocenters. The minimum atomic E-state index is -0.892. The summed E-state index contributed by atoms with van der Waals surface area (Å²) in [4.78, 5) is 22.9. The molecule has 0 rings (SSSR count). The second kappa shape index (κ2) is 22.6.